The van der Waals surface area contributed by atoms with Gasteiger partial charge in [0.05, 0.1) is 33.8 Å². The van der Waals surface area contributed by atoms with Crippen molar-refractivity contribution in [2.24, 2.45) is 0 Å². The minimum absolute atomic E-state index is 0.0426. The maximum absolute atomic E-state index is 13.5. The zero-order valence-corrected chi connectivity index (χ0v) is 46.1. The maximum Gasteiger partial charge on any atom is 0.472 e. The fourth-order valence-electron chi connectivity index (χ4n) is 8.41. The van der Waals surface area contributed by atoms with E-state index in [4.69, 9.17) is 13.8 Å². The van der Waals surface area contributed by atoms with Crippen LogP contribution in [0.15, 0.2) is 24.3 Å². The number of quaternary nitrogens is 1. The highest BCUT2D eigenvalue weighted by atomic mass is 31.2. The van der Waals surface area contributed by atoms with Crippen LogP contribution in [-0.4, -0.2) is 74.3 Å². The molecule has 0 aromatic heterocycles. The molecular weight excluding hydrogens is 856 g/mol. The lowest BCUT2D eigenvalue weighted by molar-refractivity contribution is -0.870. The monoisotopic (exact) mass is 968 g/mol. The van der Waals surface area contributed by atoms with Crippen LogP contribution in [0.25, 0.3) is 0 Å². The molecule has 10 heteroatoms. The van der Waals surface area contributed by atoms with Gasteiger partial charge in [-0.05, 0) is 57.4 Å². The topological polar surface area (TPSA) is 111 Å². The van der Waals surface area contributed by atoms with Gasteiger partial charge in [0.15, 0.2) is 0 Å². The van der Waals surface area contributed by atoms with E-state index in [1.165, 1.54) is 186 Å². The van der Waals surface area contributed by atoms with Crippen LogP contribution in [0.2, 0.25) is 0 Å². The molecule has 1 amide bonds. The highest BCUT2D eigenvalue weighted by Gasteiger charge is 2.30. The van der Waals surface area contributed by atoms with Crippen molar-refractivity contribution in [1.29, 1.82) is 0 Å². The Morgan fingerprint density at radius 1 is 0.507 bits per heavy atom. The second-order valence-electron chi connectivity index (χ2n) is 20.8. The first-order valence-electron chi connectivity index (χ1n) is 28.7. The third kappa shape index (κ3) is 49.3. The Morgan fingerprint density at radius 3 is 1.27 bits per heavy atom. The quantitative estimate of drug-likeness (QED) is 0.0205. The van der Waals surface area contributed by atoms with Gasteiger partial charge >= 0.3 is 13.8 Å². The Bertz CT molecular complexity index is 1210. The number of phosphoric ester groups is 1. The summed E-state index contributed by atoms with van der Waals surface area (Å²) >= 11 is 0. The zero-order valence-electron chi connectivity index (χ0n) is 45.2. The Kier molecular flexibility index (Phi) is 47.0. The number of amides is 1. The molecule has 67 heavy (non-hydrogen) atoms. The van der Waals surface area contributed by atoms with Crippen molar-refractivity contribution in [3.05, 3.63) is 24.3 Å². The lowest BCUT2D eigenvalue weighted by Crippen LogP contribution is -2.47. The normalized spacial score (nSPS) is 14.0. The van der Waals surface area contributed by atoms with E-state index in [0.717, 1.165) is 57.8 Å². The first-order valence-corrected chi connectivity index (χ1v) is 30.2. The summed E-state index contributed by atoms with van der Waals surface area (Å²) in [5.74, 6) is -0.500. The number of hydrogen-bond donors (Lipinski definition) is 2. The van der Waals surface area contributed by atoms with Gasteiger partial charge in [0, 0.05) is 12.8 Å². The van der Waals surface area contributed by atoms with Crippen LogP contribution in [0, 0.1) is 0 Å². The molecule has 0 heterocycles. The average Bonchev–Trinajstić information content (AvgIpc) is 3.28. The van der Waals surface area contributed by atoms with E-state index >= 15 is 0 Å². The molecule has 0 bridgehead atoms. The van der Waals surface area contributed by atoms with Crippen molar-refractivity contribution < 1.29 is 37.3 Å². The molecule has 0 saturated carbocycles. The summed E-state index contributed by atoms with van der Waals surface area (Å²) in [5, 5.41) is 3.05. The standard InChI is InChI=1S/C57H111N2O7P/c1-7-10-13-16-19-22-25-27-28-29-30-32-35-37-40-43-46-49-56(60)58-54(53-65-67(62,63)64-52-51-59(4,5)6)55(48-45-42-39-36-34-31-26-23-20-17-14-11-8-2)66-57(61)50-47-44-41-38-33-24-21-18-15-12-9-3/h27-28,45,48,54-55H,7-26,29-44,46-47,49-53H2,1-6H3,(H-,58,60,62,63)/p+1/b28-27+,48-45+. The fraction of sp³-hybridized carbons (Fsp3) is 0.895. The molecule has 0 fully saturated rings. The predicted octanol–water partition coefficient (Wildman–Crippen LogP) is 17.0. The molecule has 0 spiro atoms. The summed E-state index contributed by atoms with van der Waals surface area (Å²) in [4.78, 5) is 37.5. The number of allylic oxidation sites excluding steroid dienone is 3. The van der Waals surface area contributed by atoms with Crippen molar-refractivity contribution in [2.75, 3.05) is 40.9 Å². The molecule has 3 unspecified atom stereocenters. The molecule has 2 N–H and O–H groups in total. The number of rotatable bonds is 52. The van der Waals surface area contributed by atoms with Crippen LogP contribution < -0.4 is 5.32 Å². The van der Waals surface area contributed by atoms with E-state index in [0.29, 0.717) is 23.9 Å². The average molecular weight is 969 g/mol. The molecule has 0 saturated heterocycles. The van der Waals surface area contributed by atoms with Crippen LogP contribution in [0.3, 0.4) is 0 Å². The van der Waals surface area contributed by atoms with E-state index in [1.54, 1.807) is 0 Å². The summed E-state index contributed by atoms with van der Waals surface area (Å²) in [6, 6.07) is -0.843. The third-order valence-corrected chi connectivity index (χ3v) is 13.9. The second kappa shape index (κ2) is 48.1. The first-order chi connectivity index (χ1) is 32.4. The smallest absolute Gasteiger partial charge is 0.456 e. The van der Waals surface area contributed by atoms with Gasteiger partial charge < -0.3 is 19.4 Å². The first kappa shape index (κ1) is 65.5. The number of unbranched alkanes of at least 4 members (excludes halogenated alkanes) is 34. The number of carbonyl (C=O) groups is 2. The molecule has 9 nitrogen and oxygen atoms in total. The number of nitrogens with zero attached hydrogens (tertiary/aromatic N) is 1. The van der Waals surface area contributed by atoms with Crippen LogP contribution in [0.4, 0.5) is 0 Å². The number of ether oxygens (including phenoxy) is 1. The van der Waals surface area contributed by atoms with Gasteiger partial charge in [0.2, 0.25) is 5.91 Å². The molecule has 0 aliphatic heterocycles. The van der Waals surface area contributed by atoms with Crippen LogP contribution in [-0.2, 0) is 27.9 Å². The van der Waals surface area contributed by atoms with Crippen LogP contribution in [0.5, 0.6) is 0 Å². The lowest BCUT2D eigenvalue weighted by Gasteiger charge is -2.27. The molecule has 0 aromatic rings. The summed E-state index contributed by atoms with van der Waals surface area (Å²) in [6.07, 6.45) is 54.5. The van der Waals surface area contributed by atoms with Crippen molar-refractivity contribution in [2.45, 2.75) is 290 Å². The van der Waals surface area contributed by atoms with Crippen molar-refractivity contribution >= 4 is 19.7 Å². The summed E-state index contributed by atoms with van der Waals surface area (Å²) < 4.78 is 30.6. The highest BCUT2D eigenvalue weighted by molar-refractivity contribution is 7.47. The van der Waals surface area contributed by atoms with E-state index in [2.05, 4.69) is 38.2 Å². The van der Waals surface area contributed by atoms with Crippen LogP contribution >= 0.6 is 7.82 Å². The maximum atomic E-state index is 13.5. The van der Waals surface area contributed by atoms with Crippen molar-refractivity contribution in [3.8, 4) is 0 Å². The van der Waals surface area contributed by atoms with E-state index in [-0.39, 0.29) is 25.1 Å². The molecule has 0 radical (unpaired) electrons. The number of likely N-dealkylation sites (N-methyl/N-ethyl adjacent to an activating group) is 1. The number of phosphoric acid groups is 1. The molecule has 396 valence electrons. The van der Waals surface area contributed by atoms with Crippen LogP contribution in [0.1, 0.15) is 278 Å². The lowest BCUT2D eigenvalue weighted by atomic mass is 10.0. The molecule has 0 aliphatic rings. The van der Waals surface area contributed by atoms with Gasteiger partial charge in [-0.2, -0.15) is 0 Å². The summed E-state index contributed by atoms with van der Waals surface area (Å²) in [6.45, 7) is 7.02. The van der Waals surface area contributed by atoms with Crippen molar-refractivity contribution in [3.63, 3.8) is 0 Å². The Hall–Kier alpha value is -1.51. The largest absolute Gasteiger partial charge is 0.472 e. The Labute approximate surface area is 415 Å². The van der Waals surface area contributed by atoms with Gasteiger partial charge in [0.25, 0.3) is 0 Å². The minimum Gasteiger partial charge on any atom is -0.456 e. The number of esters is 1. The molecule has 0 aliphatic carbocycles. The van der Waals surface area contributed by atoms with E-state index < -0.39 is 20.0 Å². The number of carbonyl (C=O) groups excluding carboxylic acids is 2. The van der Waals surface area contributed by atoms with Gasteiger partial charge in [0.1, 0.15) is 19.3 Å². The predicted molar refractivity (Wildman–Crippen MR) is 286 cm³/mol. The van der Waals surface area contributed by atoms with Gasteiger partial charge in [-0.15, -0.1) is 0 Å². The molecular formula is C57H112N2O7P+. The Morgan fingerprint density at radius 2 is 0.866 bits per heavy atom. The third-order valence-electron chi connectivity index (χ3n) is 12.9. The van der Waals surface area contributed by atoms with Crippen molar-refractivity contribution in [1.82, 2.24) is 5.32 Å². The minimum atomic E-state index is -4.44. The highest BCUT2D eigenvalue weighted by Crippen LogP contribution is 2.43. The summed E-state index contributed by atoms with van der Waals surface area (Å²) in [7, 11) is 1.50. The van der Waals surface area contributed by atoms with Gasteiger partial charge in [-0.25, -0.2) is 4.57 Å². The Balaban J connectivity index is 5.33. The summed E-state index contributed by atoms with van der Waals surface area (Å²) in [5.41, 5.74) is 0. The number of nitrogens with one attached hydrogen (secondary N) is 1. The molecule has 0 aromatic carbocycles. The number of hydrogen-bond acceptors (Lipinski definition) is 6. The van der Waals surface area contributed by atoms with Gasteiger partial charge in [-0.1, -0.05) is 232 Å². The second-order valence-corrected chi connectivity index (χ2v) is 22.3. The molecule has 0 rings (SSSR count). The molecule has 3 atom stereocenters. The van der Waals surface area contributed by atoms with Gasteiger partial charge in [-0.3, -0.25) is 18.6 Å². The fourth-order valence-corrected chi connectivity index (χ4v) is 9.14. The van der Waals surface area contributed by atoms with E-state index in [9.17, 15) is 19.0 Å². The van der Waals surface area contributed by atoms with E-state index in [1.807, 2.05) is 33.3 Å². The zero-order chi connectivity index (χ0) is 49.4. The SMILES string of the molecule is CCCCCCCC/C=C/CCCCCCCCCC(=O)NC(COP(=O)(O)OCC[N+](C)(C)C)C(/C=C/CCCCCCCCCCCCC)OC(=O)CCCCCCCCCCCCC.